The molecule has 2 aromatic carbocycles. The van der Waals surface area contributed by atoms with Gasteiger partial charge in [0, 0.05) is 27.7 Å². The molecule has 6 nitrogen and oxygen atoms in total. The maximum Gasteiger partial charge on any atom is 0.338 e. The number of halogens is 1. The molecule has 3 heterocycles. The smallest absolute Gasteiger partial charge is 0.338 e. The lowest BCUT2D eigenvalue weighted by Crippen LogP contribution is -2.40. The van der Waals surface area contributed by atoms with Gasteiger partial charge < -0.3 is 9.72 Å². The van der Waals surface area contributed by atoms with Gasteiger partial charge in [-0.2, -0.15) is 0 Å². The average Bonchev–Trinajstić information content (AvgIpc) is 3.34. The molecule has 34 heavy (non-hydrogen) atoms. The van der Waals surface area contributed by atoms with E-state index in [0.29, 0.717) is 25.6 Å². The molecule has 1 aliphatic rings. The van der Waals surface area contributed by atoms with Crippen LogP contribution in [0.1, 0.15) is 37.9 Å². The minimum absolute atomic E-state index is 0.212. The van der Waals surface area contributed by atoms with E-state index in [4.69, 9.17) is 16.3 Å². The molecule has 172 valence electrons. The lowest BCUT2D eigenvalue weighted by molar-refractivity contribution is -0.143. The third-order valence-electron chi connectivity index (χ3n) is 5.68. The van der Waals surface area contributed by atoms with Gasteiger partial charge in [0.15, 0.2) is 4.80 Å². The molecule has 0 saturated carbocycles. The Kier molecular flexibility index (Phi) is 5.75. The number of carbonyl (C=O) groups excluding carboxylic acids is 1. The summed E-state index contributed by atoms with van der Waals surface area (Å²) in [6.45, 7) is 5.36. The van der Waals surface area contributed by atoms with E-state index in [2.05, 4.69) is 9.98 Å². The molecule has 4 aromatic rings. The number of aromatic nitrogens is 2. The molecule has 0 unspecified atom stereocenters. The van der Waals surface area contributed by atoms with E-state index in [1.807, 2.05) is 48.7 Å². The van der Waals surface area contributed by atoms with Gasteiger partial charge in [-0.25, -0.2) is 9.79 Å². The molecule has 0 radical (unpaired) electrons. The first-order valence-corrected chi connectivity index (χ1v) is 12.1. The maximum absolute atomic E-state index is 13.7. The predicted molar refractivity (Wildman–Crippen MR) is 135 cm³/mol. The van der Waals surface area contributed by atoms with Crippen LogP contribution >= 0.6 is 22.9 Å². The number of benzene rings is 2. The minimum Gasteiger partial charge on any atom is -0.459 e. The number of carbonyl (C=O) groups is 1. The largest absolute Gasteiger partial charge is 0.459 e. The van der Waals surface area contributed by atoms with Gasteiger partial charge in [-0.1, -0.05) is 53.3 Å². The van der Waals surface area contributed by atoms with Crippen molar-refractivity contribution in [2.75, 3.05) is 0 Å². The Morgan fingerprint density at radius 3 is 2.68 bits per heavy atom. The standard InChI is InChI=1S/C26H22ClN3O3S/c1-14(2)33-25(32)22-15(3)29-26-30(23(22)16-8-10-18(27)11-9-16)24(31)21(34-26)12-17-13-28-20-7-5-4-6-19(17)20/h4-14,23,28H,1-3H3/b21-12+/t23-/m0/s1. The Morgan fingerprint density at radius 1 is 1.21 bits per heavy atom. The highest BCUT2D eigenvalue weighted by atomic mass is 35.5. The first-order valence-electron chi connectivity index (χ1n) is 10.9. The van der Waals surface area contributed by atoms with E-state index in [1.165, 1.54) is 11.3 Å². The van der Waals surface area contributed by atoms with Crippen molar-refractivity contribution in [3.05, 3.63) is 102 Å². The van der Waals surface area contributed by atoms with Gasteiger partial charge in [0.05, 0.1) is 27.9 Å². The number of para-hydroxylation sites is 1. The summed E-state index contributed by atoms with van der Waals surface area (Å²) in [4.78, 5) is 35.2. The van der Waals surface area contributed by atoms with E-state index >= 15 is 0 Å². The zero-order valence-corrected chi connectivity index (χ0v) is 20.4. The van der Waals surface area contributed by atoms with Crippen LogP contribution in [0, 0.1) is 0 Å². The lowest BCUT2D eigenvalue weighted by Gasteiger charge is -2.25. The van der Waals surface area contributed by atoms with Gasteiger partial charge >= 0.3 is 5.97 Å². The zero-order valence-electron chi connectivity index (χ0n) is 18.8. The van der Waals surface area contributed by atoms with Crippen molar-refractivity contribution in [2.24, 2.45) is 4.99 Å². The molecular formula is C26H22ClN3O3S. The van der Waals surface area contributed by atoms with Crippen LogP contribution in [0.4, 0.5) is 0 Å². The number of hydrogen-bond donors (Lipinski definition) is 1. The summed E-state index contributed by atoms with van der Waals surface area (Å²) < 4.78 is 7.64. The number of fused-ring (bicyclic) bond motifs is 2. The summed E-state index contributed by atoms with van der Waals surface area (Å²) in [7, 11) is 0. The number of esters is 1. The van der Waals surface area contributed by atoms with Crippen LogP contribution in [0.2, 0.25) is 5.02 Å². The highest BCUT2D eigenvalue weighted by molar-refractivity contribution is 7.07. The number of rotatable bonds is 4. The van der Waals surface area contributed by atoms with Gasteiger partial charge in [0.1, 0.15) is 0 Å². The summed E-state index contributed by atoms with van der Waals surface area (Å²) in [5.74, 6) is -0.484. The highest BCUT2D eigenvalue weighted by Gasteiger charge is 2.33. The Labute approximate surface area is 204 Å². The minimum atomic E-state index is -0.662. The Balaban J connectivity index is 1.73. The maximum atomic E-state index is 13.7. The van der Waals surface area contributed by atoms with Crippen LogP contribution in [0.3, 0.4) is 0 Å². The summed E-state index contributed by atoms with van der Waals surface area (Å²) in [6.07, 6.45) is 3.45. The Hall–Kier alpha value is -3.42. The monoisotopic (exact) mass is 491 g/mol. The highest BCUT2D eigenvalue weighted by Crippen LogP contribution is 2.31. The molecule has 0 spiro atoms. The van der Waals surface area contributed by atoms with Gasteiger partial charge in [-0.3, -0.25) is 9.36 Å². The third-order valence-corrected chi connectivity index (χ3v) is 6.91. The Morgan fingerprint density at radius 2 is 1.94 bits per heavy atom. The van der Waals surface area contributed by atoms with Crippen molar-refractivity contribution in [3.8, 4) is 0 Å². The van der Waals surface area contributed by atoms with E-state index in [1.54, 1.807) is 37.5 Å². The van der Waals surface area contributed by atoms with Crippen LogP contribution in [0.15, 0.2) is 75.8 Å². The van der Waals surface area contributed by atoms with Crippen molar-refractivity contribution in [3.63, 3.8) is 0 Å². The van der Waals surface area contributed by atoms with E-state index in [-0.39, 0.29) is 11.7 Å². The molecule has 0 aliphatic carbocycles. The molecule has 8 heteroatoms. The van der Waals surface area contributed by atoms with Crippen molar-refractivity contribution < 1.29 is 9.53 Å². The molecule has 0 saturated heterocycles. The molecular weight excluding hydrogens is 470 g/mol. The van der Waals surface area contributed by atoms with E-state index in [0.717, 1.165) is 22.0 Å². The first-order chi connectivity index (χ1) is 16.3. The van der Waals surface area contributed by atoms with Crippen molar-refractivity contribution >= 4 is 45.9 Å². The van der Waals surface area contributed by atoms with Crippen LogP contribution in [0.5, 0.6) is 0 Å². The van der Waals surface area contributed by atoms with Crippen molar-refractivity contribution in [2.45, 2.75) is 32.9 Å². The number of thiazole rings is 1. The number of H-pyrrole nitrogens is 1. The quantitative estimate of drug-likeness (QED) is 0.432. The molecule has 1 N–H and O–H groups in total. The summed E-state index contributed by atoms with van der Waals surface area (Å²) in [5.41, 5.74) is 3.34. The van der Waals surface area contributed by atoms with Crippen LogP contribution in [0.25, 0.3) is 17.0 Å². The predicted octanol–water partition coefficient (Wildman–Crippen LogP) is 4.32. The van der Waals surface area contributed by atoms with Crippen molar-refractivity contribution in [1.29, 1.82) is 0 Å². The normalized spacial score (nSPS) is 16.1. The first kappa shape index (κ1) is 22.4. The van der Waals surface area contributed by atoms with Gasteiger partial charge in [0.2, 0.25) is 0 Å². The molecule has 2 aromatic heterocycles. The number of allylic oxidation sites excluding steroid dienone is 1. The third kappa shape index (κ3) is 3.91. The molecule has 1 aliphatic heterocycles. The fraction of sp³-hybridized carbons (Fsp3) is 0.192. The second-order valence-corrected chi connectivity index (χ2v) is 9.82. The van der Waals surface area contributed by atoms with Gasteiger partial charge in [-0.05, 0) is 50.6 Å². The summed E-state index contributed by atoms with van der Waals surface area (Å²) in [6, 6.07) is 14.4. The van der Waals surface area contributed by atoms with Crippen LogP contribution < -0.4 is 14.9 Å². The fourth-order valence-electron chi connectivity index (χ4n) is 4.18. The second-order valence-electron chi connectivity index (χ2n) is 8.38. The number of nitrogens with one attached hydrogen (secondary N) is 1. The van der Waals surface area contributed by atoms with Gasteiger partial charge in [-0.15, -0.1) is 0 Å². The van der Waals surface area contributed by atoms with E-state index < -0.39 is 12.0 Å². The summed E-state index contributed by atoms with van der Waals surface area (Å²) >= 11 is 7.42. The second kappa shape index (κ2) is 8.74. The average molecular weight is 492 g/mol. The van der Waals surface area contributed by atoms with Crippen molar-refractivity contribution in [1.82, 2.24) is 9.55 Å². The molecule has 0 fully saturated rings. The molecule has 0 bridgehead atoms. The number of hydrogen-bond acceptors (Lipinski definition) is 5. The summed E-state index contributed by atoms with van der Waals surface area (Å²) in [5, 5.41) is 1.60. The zero-order chi connectivity index (χ0) is 24.0. The fourth-order valence-corrected chi connectivity index (χ4v) is 5.34. The van der Waals surface area contributed by atoms with Gasteiger partial charge in [0.25, 0.3) is 5.56 Å². The number of nitrogens with zero attached hydrogens (tertiary/aromatic N) is 2. The number of ether oxygens (including phenoxy) is 1. The molecule has 5 rings (SSSR count). The molecule has 0 amide bonds. The van der Waals surface area contributed by atoms with E-state index in [9.17, 15) is 9.59 Å². The molecule has 1 atom stereocenters. The topological polar surface area (TPSA) is 76.5 Å². The van der Waals surface area contributed by atoms with Crippen LogP contribution in [-0.4, -0.2) is 21.6 Å². The number of aromatic amines is 1. The van der Waals surface area contributed by atoms with Crippen LogP contribution in [-0.2, 0) is 9.53 Å². The Bertz CT molecular complexity index is 1620. The lowest BCUT2D eigenvalue weighted by atomic mass is 9.96. The SMILES string of the molecule is CC1=C(C(=O)OC(C)C)[C@H](c2ccc(Cl)cc2)n2c(s/c(=C/c3c[nH]c4ccccc34)c2=O)=N1.